The van der Waals surface area contributed by atoms with E-state index in [0.717, 1.165) is 35.5 Å². The molecule has 6 unspecified atom stereocenters. The van der Waals surface area contributed by atoms with E-state index in [9.17, 15) is 0 Å². The van der Waals surface area contributed by atoms with Crippen LogP contribution in [0.3, 0.4) is 0 Å². The number of pyridine rings is 1. The predicted molar refractivity (Wildman–Crippen MR) is 203 cm³/mol. The van der Waals surface area contributed by atoms with Crippen molar-refractivity contribution in [2.45, 2.75) is 154 Å². The molecule has 6 aliphatic rings. The molecular weight excluding hydrogens is 807 g/mol. The van der Waals surface area contributed by atoms with Gasteiger partial charge >= 0.3 is 75.7 Å². The molecule has 0 radical (unpaired) electrons. The third kappa shape index (κ3) is 19.1. The number of fused-ring (bicyclic) bond motifs is 2. The van der Waals surface area contributed by atoms with Gasteiger partial charge in [-0.25, -0.2) is 0 Å². The Labute approximate surface area is 326 Å². The van der Waals surface area contributed by atoms with Crippen molar-refractivity contribution in [1.82, 2.24) is 4.98 Å². The van der Waals surface area contributed by atoms with Crippen LogP contribution in [-0.2, 0) is 54.5 Å². The number of hydrogen-bond acceptors (Lipinski definition) is 1. The fraction of sp³-hybridized carbons (Fsp3) is 0.769. The van der Waals surface area contributed by atoms with Gasteiger partial charge in [-0.1, -0.05) is 109 Å². The zero-order valence-electron chi connectivity index (χ0n) is 30.1. The Hall–Kier alpha value is 2.08. The third-order valence-corrected chi connectivity index (χ3v) is 11.3. The molecule has 6 aliphatic carbocycles. The van der Waals surface area contributed by atoms with E-state index in [4.69, 9.17) is 39.0 Å². The van der Waals surface area contributed by atoms with E-state index in [1.807, 2.05) is 0 Å². The summed E-state index contributed by atoms with van der Waals surface area (Å²) in [5.41, 5.74) is 2.80. The normalized spacial score (nSPS) is 28.0. The zero-order valence-corrected chi connectivity index (χ0v) is 38.1. The molecule has 0 aliphatic heterocycles. The average Bonchev–Trinajstić information content (AvgIpc) is 3.85. The zero-order chi connectivity index (χ0) is 29.8. The largest absolute Gasteiger partial charge is 0.258 e. The second-order valence-corrected chi connectivity index (χ2v) is 21.3. The molecule has 1 aromatic rings. The molecule has 0 spiro atoms. The summed E-state index contributed by atoms with van der Waals surface area (Å²) in [5.74, 6) is 6.01. The van der Waals surface area contributed by atoms with Gasteiger partial charge in [-0.3, -0.25) is 4.98 Å². The summed E-state index contributed by atoms with van der Waals surface area (Å²) in [6, 6.07) is 6.94. The van der Waals surface area contributed by atoms with Gasteiger partial charge < -0.3 is 29.7 Å². The molecule has 0 aromatic carbocycles. The van der Waals surface area contributed by atoms with Gasteiger partial charge in [0.15, 0.2) is 0 Å². The van der Waals surface area contributed by atoms with Crippen LogP contribution in [0.15, 0.2) is 18.2 Å². The standard InChI is InChI=1S/C25H37N.2C5H10.4CH3.4ClH.2Zr/c1-3-10-24-18(6-1)12-14-20(24)16-22-8-5-9-23(26-22)17-21-15-13-19-7-2-4-11-25(19)21;2*1-2-4-5-3-1;;;;;;;;;;/h5,8-9,18-21,24-25H,1-4,6-7,10-17H2;2*1-5H2;4*1H3;4*1H;;/q;;;4*-1;;;;;2*+4/p-4. The van der Waals surface area contributed by atoms with Crippen molar-refractivity contribution < 1.29 is 41.7 Å². The van der Waals surface area contributed by atoms with E-state index >= 15 is 0 Å². The minimum atomic E-state index is -0.826. The van der Waals surface area contributed by atoms with Gasteiger partial charge in [-0.2, -0.15) is 0 Å². The molecule has 0 bridgehead atoms. The number of hydrogen-bond donors (Lipinski definition) is 0. The van der Waals surface area contributed by atoms with Crippen LogP contribution in [0.5, 0.6) is 0 Å². The van der Waals surface area contributed by atoms with Crippen molar-refractivity contribution in [2.24, 2.45) is 35.5 Å². The first-order valence-corrected chi connectivity index (χ1v) is 30.2. The molecule has 6 saturated carbocycles. The van der Waals surface area contributed by atoms with Crippen molar-refractivity contribution >= 4 is 34.1 Å². The molecule has 7 rings (SSSR count). The van der Waals surface area contributed by atoms with Crippen molar-refractivity contribution in [3.8, 4) is 0 Å². The Bertz CT molecular complexity index is 731. The number of nitrogens with zero attached hydrogens (tertiary/aromatic N) is 1. The van der Waals surface area contributed by atoms with E-state index in [1.54, 1.807) is 0 Å². The molecule has 7 heteroatoms. The summed E-state index contributed by atoms with van der Waals surface area (Å²) in [6.07, 6.45) is 35.4. The molecule has 1 aromatic heterocycles. The van der Waals surface area contributed by atoms with Gasteiger partial charge in [0, 0.05) is 11.4 Å². The Morgan fingerprint density at radius 1 is 0.457 bits per heavy atom. The van der Waals surface area contributed by atoms with Gasteiger partial charge in [0.25, 0.3) is 0 Å². The third-order valence-electron chi connectivity index (χ3n) is 11.3. The minimum Gasteiger partial charge on any atom is -0.258 e. The minimum absolute atomic E-state index is 0. The number of aromatic nitrogens is 1. The van der Waals surface area contributed by atoms with Crippen molar-refractivity contribution in [1.29, 1.82) is 0 Å². The van der Waals surface area contributed by atoms with E-state index in [1.165, 1.54) is 165 Å². The SMILES string of the molecule is C1CCCC1.C1CCCC1.[CH3-].[CH3-].[CH3-].[CH3-].[Cl][Zr+2][Cl].[Cl][Zr+2][Cl].c1cc(CC2CCC3CCCCC32)nc(CC2CCC3CCCCC32)c1. The molecular formula is C39H69Cl4NZr2. The first-order chi connectivity index (χ1) is 20.7. The quantitative estimate of drug-likeness (QED) is 0.275. The fourth-order valence-electron chi connectivity index (χ4n) is 9.28. The first-order valence-electron chi connectivity index (χ1n) is 17.6. The van der Waals surface area contributed by atoms with Crippen LogP contribution in [0.2, 0.25) is 0 Å². The smallest absolute Gasteiger partial charge is 0.0409 e. The molecule has 46 heavy (non-hydrogen) atoms. The molecule has 266 valence electrons. The van der Waals surface area contributed by atoms with Crippen molar-refractivity contribution in [2.75, 3.05) is 0 Å². The summed E-state index contributed by atoms with van der Waals surface area (Å²) in [6.45, 7) is 0. The van der Waals surface area contributed by atoms with Crippen LogP contribution in [0.25, 0.3) is 0 Å². The van der Waals surface area contributed by atoms with Gasteiger partial charge in [0.05, 0.1) is 0 Å². The van der Waals surface area contributed by atoms with Crippen molar-refractivity contribution in [3.63, 3.8) is 0 Å². The maximum absolute atomic E-state index is 5.17. The van der Waals surface area contributed by atoms with Gasteiger partial charge in [0.2, 0.25) is 0 Å². The Kier molecular flexibility index (Phi) is 34.7. The Morgan fingerprint density at radius 3 is 1.09 bits per heavy atom. The van der Waals surface area contributed by atoms with E-state index in [0.29, 0.717) is 0 Å². The van der Waals surface area contributed by atoms with Crippen LogP contribution >= 0.6 is 34.1 Å². The molecule has 0 amide bonds. The summed E-state index contributed by atoms with van der Waals surface area (Å²) < 4.78 is 0. The molecule has 6 atom stereocenters. The Morgan fingerprint density at radius 2 is 0.761 bits per heavy atom. The van der Waals surface area contributed by atoms with E-state index in [-0.39, 0.29) is 29.7 Å². The molecule has 1 nitrogen and oxygen atoms in total. The van der Waals surface area contributed by atoms with Gasteiger partial charge in [-0.05, 0) is 99.0 Å². The summed E-state index contributed by atoms with van der Waals surface area (Å²) >= 11 is -1.65. The van der Waals surface area contributed by atoms with E-state index < -0.39 is 41.7 Å². The average molecular weight is 876 g/mol. The summed E-state index contributed by atoms with van der Waals surface area (Å²) in [7, 11) is 19.7. The van der Waals surface area contributed by atoms with Gasteiger partial charge in [-0.15, -0.1) is 0 Å². The van der Waals surface area contributed by atoms with Crippen LogP contribution in [0.1, 0.15) is 153 Å². The predicted octanol–water partition coefficient (Wildman–Crippen LogP) is 15.1. The summed E-state index contributed by atoms with van der Waals surface area (Å²) in [5, 5.41) is 0. The van der Waals surface area contributed by atoms with Crippen LogP contribution in [-0.4, -0.2) is 4.98 Å². The van der Waals surface area contributed by atoms with E-state index in [2.05, 4.69) is 18.2 Å². The Balaban J connectivity index is 0. The second-order valence-electron chi connectivity index (χ2n) is 13.8. The summed E-state index contributed by atoms with van der Waals surface area (Å²) in [4.78, 5) is 5.17. The molecule has 0 saturated heterocycles. The topological polar surface area (TPSA) is 12.9 Å². The molecule has 0 N–H and O–H groups in total. The van der Waals surface area contributed by atoms with Crippen LogP contribution < -0.4 is 0 Å². The number of halogens is 4. The van der Waals surface area contributed by atoms with Crippen LogP contribution in [0.4, 0.5) is 0 Å². The maximum Gasteiger partial charge on any atom is 0.0409 e. The molecule has 1 heterocycles. The number of rotatable bonds is 4. The van der Waals surface area contributed by atoms with Gasteiger partial charge in [0.1, 0.15) is 0 Å². The monoisotopic (exact) mass is 871 g/mol. The van der Waals surface area contributed by atoms with Crippen LogP contribution in [0, 0.1) is 65.2 Å². The molecule has 6 fully saturated rings. The fourth-order valence-corrected chi connectivity index (χ4v) is 9.28. The maximum atomic E-state index is 5.17. The van der Waals surface area contributed by atoms with Crippen molar-refractivity contribution in [3.05, 3.63) is 59.3 Å². The first kappa shape index (κ1) is 50.2. The second kappa shape index (κ2) is 31.8.